The van der Waals surface area contributed by atoms with E-state index >= 15 is 0 Å². The largest absolute Gasteiger partial charge is 0.368 e. The number of nitrogens with two attached hydrogens (primary N) is 1. The molecule has 0 fully saturated rings. The summed E-state index contributed by atoms with van der Waals surface area (Å²) in [6.07, 6.45) is 0.00797. The maximum atomic E-state index is 13.6. The monoisotopic (exact) mass is 354 g/mol. The molecule has 0 aliphatic rings. The lowest BCUT2D eigenvalue weighted by Gasteiger charge is -2.17. The van der Waals surface area contributed by atoms with Crippen molar-refractivity contribution in [3.05, 3.63) is 69.5 Å². The molecule has 120 valence electrons. The highest BCUT2D eigenvalue weighted by Crippen LogP contribution is 2.25. The van der Waals surface area contributed by atoms with Crippen LogP contribution in [0.25, 0.3) is 0 Å². The Bertz CT molecular complexity index is 732. The summed E-state index contributed by atoms with van der Waals surface area (Å²) < 4.78 is 13.6. The van der Waals surface area contributed by atoms with Gasteiger partial charge in [-0.05, 0) is 29.8 Å². The molecular formula is C16H13Cl2FN2O2. The minimum absolute atomic E-state index is 0.00797. The second-order valence-electron chi connectivity index (χ2n) is 4.81. The molecule has 0 unspecified atom stereocenters. The Labute approximate surface area is 142 Å². The van der Waals surface area contributed by atoms with Crippen molar-refractivity contribution in [2.45, 2.75) is 12.5 Å². The van der Waals surface area contributed by atoms with E-state index in [0.717, 1.165) is 6.07 Å². The smallest absolute Gasteiger partial charge is 0.254 e. The van der Waals surface area contributed by atoms with Crippen LogP contribution in [-0.4, -0.2) is 17.9 Å². The summed E-state index contributed by atoms with van der Waals surface area (Å²) in [4.78, 5) is 23.7. The number of primary amides is 1. The van der Waals surface area contributed by atoms with Gasteiger partial charge in [0.15, 0.2) is 0 Å². The van der Waals surface area contributed by atoms with Crippen molar-refractivity contribution >= 4 is 35.0 Å². The van der Waals surface area contributed by atoms with E-state index in [9.17, 15) is 14.0 Å². The van der Waals surface area contributed by atoms with Crippen LogP contribution in [-0.2, 0) is 11.2 Å². The van der Waals surface area contributed by atoms with Gasteiger partial charge in [0, 0.05) is 16.5 Å². The Morgan fingerprint density at radius 2 is 1.70 bits per heavy atom. The third-order valence-electron chi connectivity index (χ3n) is 3.24. The summed E-state index contributed by atoms with van der Waals surface area (Å²) in [5.74, 6) is -2.20. The Morgan fingerprint density at radius 1 is 1.09 bits per heavy atom. The van der Waals surface area contributed by atoms with Gasteiger partial charge in [0.25, 0.3) is 5.91 Å². The Balaban J connectivity index is 2.22. The first-order chi connectivity index (χ1) is 10.9. The van der Waals surface area contributed by atoms with Crippen molar-refractivity contribution < 1.29 is 14.0 Å². The van der Waals surface area contributed by atoms with Crippen LogP contribution in [0.4, 0.5) is 4.39 Å². The van der Waals surface area contributed by atoms with Crippen LogP contribution >= 0.6 is 23.2 Å². The topological polar surface area (TPSA) is 72.2 Å². The van der Waals surface area contributed by atoms with Crippen molar-refractivity contribution in [3.8, 4) is 0 Å². The van der Waals surface area contributed by atoms with Crippen LogP contribution in [0.5, 0.6) is 0 Å². The lowest BCUT2D eigenvalue weighted by atomic mass is 10.0. The van der Waals surface area contributed by atoms with Crippen LogP contribution in [0.2, 0.25) is 10.0 Å². The van der Waals surface area contributed by atoms with Gasteiger partial charge >= 0.3 is 0 Å². The van der Waals surface area contributed by atoms with Gasteiger partial charge in [0.1, 0.15) is 11.9 Å². The predicted octanol–water partition coefficient (Wildman–Crippen LogP) is 2.96. The van der Waals surface area contributed by atoms with E-state index in [2.05, 4.69) is 5.32 Å². The number of rotatable bonds is 5. The Morgan fingerprint density at radius 3 is 2.26 bits per heavy atom. The zero-order chi connectivity index (χ0) is 17.0. The summed E-state index contributed by atoms with van der Waals surface area (Å²) >= 11 is 12.1. The molecule has 0 saturated carbocycles. The molecule has 4 nitrogen and oxygen atoms in total. The summed E-state index contributed by atoms with van der Waals surface area (Å²) in [7, 11) is 0. The average Bonchev–Trinajstić information content (AvgIpc) is 2.50. The number of hydrogen-bond donors (Lipinski definition) is 2. The van der Waals surface area contributed by atoms with E-state index in [0.29, 0.717) is 15.6 Å². The highest BCUT2D eigenvalue weighted by atomic mass is 35.5. The normalized spacial score (nSPS) is 11.8. The van der Waals surface area contributed by atoms with Gasteiger partial charge in [0.2, 0.25) is 5.91 Å². The molecule has 1 atom stereocenters. The van der Waals surface area contributed by atoms with Crippen molar-refractivity contribution in [1.29, 1.82) is 0 Å². The molecule has 0 aromatic heterocycles. The van der Waals surface area contributed by atoms with E-state index in [4.69, 9.17) is 28.9 Å². The molecule has 23 heavy (non-hydrogen) atoms. The first-order valence-corrected chi connectivity index (χ1v) is 7.43. The minimum atomic E-state index is -1.07. The van der Waals surface area contributed by atoms with Crippen molar-refractivity contribution in [3.63, 3.8) is 0 Å². The van der Waals surface area contributed by atoms with Gasteiger partial charge in [-0.1, -0.05) is 41.4 Å². The van der Waals surface area contributed by atoms with Gasteiger partial charge in [-0.25, -0.2) is 4.39 Å². The van der Waals surface area contributed by atoms with Gasteiger partial charge in [-0.15, -0.1) is 0 Å². The number of nitrogens with one attached hydrogen (secondary N) is 1. The third kappa shape index (κ3) is 4.21. The maximum absolute atomic E-state index is 13.6. The second-order valence-corrected chi connectivity index (χ2v) is 5.63. The van der Waals surface area contributed by atoms with Gasteiger partial charge < -0.3 is 11.1 Å². The fraction of sp³-hybridized carbons (Fsp3) is 0.125. The average molecular weight is 355 g/mol. The fourth-order valence-electron chi connectivity index (χ4n) is 2.04. The van der Waals surface area contributed by atoms with E-state index in [1.165, 1.54) is 18.2 Å². The number of carbonyl (C=O) groups excluding carboxylic acids is 2. The molecule has 0 heterocycles. The lowest BCUT2D eigenvalue weighted by Crippen LogP contribution is -2.46. The highest BCUT2D eigenvalue weighted by Gasteiger charge is 2.23. The van der Waals surface area contributed by atoms with E-state index in [1.54, 1.807) is 18.2 Å². The number of carbonyl (C=O) groups is 2. The van der Waals surface area contributed by atoms with E-state index in [1.807, 2.05) is 0 Å². The fourth-order valence-corrected chi connectivity index (χ4v) is 2.59. The predicted molar refractivity (Wildman–Crippen MR) is 87.0 cm³/mol. The lowest BCUT2D eigenvalue weighted by molar-refractivity contribution is -0.119. The molecule has 7 heteroatoms. The maximum Gasteiger partial charge on any atom is 0.254 e. The van der Waals surface area contributed by atoms with Crippen LogP contribution in [0.15, 0.2) is 42.5 Å². The summed E-state index contributed by atoms with van der Waals surface area (Å²) in [5, 5.41) is 3.11. The van der Waals surface area contributed by atoms with Crippen molar-refractivity contribution in [2.75, 3.05) is 0 Å². The van der Waals surface area contributed by atoms with Gasteiger partial charge in [-0.3, -0.25) is 9.59 Å². The third-order valence-corrected chi connectivity index (χ3v) is 3.95. The molecule has 0 aliphatic heterocycles. The van der Waals surface area contributed by atoms with E-state index < -0.39 is 23.7 Å². The summed E-state index contributed by atoms with van der Waals surface area (Å²) in [6.45, 7) is 0. The molecule has 3 N–H and O–H groups in total. The molecule has 2 amide bonds. The zero-order valence-corrected chi connectivity index (χ0v) is 13.4. The molecule has 2 rings (SSSR count). The van der Waals surface area contributed by atoms with Crippen LogP contribution in [0.1, 0.15) is 15.9 Å². The quantitative estimate of drug-likeness (QED) is 0.866. The summed E-state index contributed by atoms with van der Waals surface area (Å²) in [5.41, 5.74) is 5.62. The first kappa shape index (κ1) is 17.2. The van der Waals surface area contributed by atoms with Gasteiger partial charge in [0.05, 0.1) is 5.56 Å². The van der Waals surface area contributed by atoms with Gasteiger partial charge in [-0.2, -0.15) is 0 Å². The Kier molecular flexibility index (Phi) is 5.58. The standard InChI is InChI=1S/C16H13Cl2FN2O2/c17-11-5-3-6-12(18)10(11)8-14(15(20)22)21-16(23)9-4-1-2-7-13(9)19/h1-7,14H,8H2,(H2,20,22)(H,21,23)/t14-/m1/s1. The zero-order valence-electron chi connectivity index (χ0n) is 11.9. The van der Waals surface area contributed by atoms with Crippen LogP contribution in [0, 0.1) is 5.82 Å². The minimum Gasteiger partial charge on any atom is -0.368 e. The SMILES string of the molecule is NC(=O)[C@@H](Cc1c(Cl)cccc1Cl)NC(=O)c1ccccc1F. The molecule has 0 bridgehead atoms. The molecule has 0 saturated heterocycles. The van der Waals surface area contributed by atoms with Crippen LogP contribution in [0.3, 0.4) is 0 Å². The molecule has 2 aromatic rings. The Hall–Kier alpha value is -2.11. The number of benzene rings is 2. The van der Waals surface area contributed by atoms with Crippen molar-refractivity contribution in [1.82, 2.24) is 5.32 Å². The highest BCUT2D eigenvalue weighted by molar-refractivity contribution is 6.36. The second kappa shape index (κ2) is 7.44. The number of halogens is 3. The summed E-state index contributed by atoms with van der Waals surface area (Å²) in [6, 6.07) is 9.25. The van der Waals surface area contributed by atoms with E-state index in [-0.39, 0.29) is 12.0 Å². The number of amides is 2. The molecular weight excluding hydrogens is 342 g/mol. The molecule has 0 aliphatic carbocycles. The first-order valence-electron chi connectivity index (χ1n) is 6.67. The molecule has 0 radical (unpaired) electrons. The van der Waals surface area contributed by atoms with Crippen LogP contribution < -0.4 is 11.1 Å². The molecule has 2 aromatic carbocycles. The number of hydrogen-bond acceptors (Lipinski definition) is 2. The van der Waals surface area contributed by atoms with Crippen molar-refractivity contribution in [2.24, 2.45) is 5.73 Å². The molecule has 0 spiro atoms.